The molecule has 0 aromatic heterocycles. The quantitative estimate of drug-likeness (QED) is 0.636. The fraction of sp³-hybridized carbons (Fsp3) is 0.364. The molecule has 0 aliphatic rings. The van der Waals surface area contributed by atoms with Crippen LogP contribution in [-0.4, -0.2) is 47.7 Å². The summed E-state index contributed by atoms with van der Waals surface area (Å²) in [5.74, 6) is 0.0457. The third-order valence-electron chi connectivity index (χ3n) is 4.01. The highest BCUT2D eigenvalue weighted by molar-refractivity contribution is 5.94. The first kappa shape index (κ1) is 21.4. The predicted molar refractivity (Wildman–Crippen MR) is 106 cm³/mol. The Kier molecular flexibility index (Phi) is 8.49. The summed E-state index contributed by atoms with van der Waals surface area (Å²) in [5.41, 5.74) is 1.53. The highest BCUT2D eigenvalue weighted by Gasteiger charge is 2.19. The van der Waals surface area contributed by atoms with Crippen molar-refractivity contribution in [2.75, 3.05) is 19.7 Å². The number of carbonyl (C=O) groups is 2. The summed E-state index contributed by atoms with van der Waals surface area (Å²) in [6.07, 6.45) is -0.607. The zero-order valence-electron chi connectivity index (χ0n) is 16.3. The maximum absolute atomic E-state index is 12.8. The molecule has 2 rings (SSSR count). The Morgan fingerprint density at radius 2 is 1.75 bits per heavy atom. The molecule has 0 saturated carbocycles. The molecule has 1 N–H and O–H groups in total. The number of hydrogen-bond donors (Lipinski definition) is 1. The second-order valence-electron chi connectivity index (χ2n) is 6.45. The van der Waals surface area contributed by atoms with Crippen LogP contribution in [0.5, 0.6) is 5.75 Å². The predicted octanol–water partition coefficient (Wildman–Crippen LogP) is 3.04. The van der Waals surface area contributed by atoms with Gasteiger partial charge in [-0.25, -0.2) is 0 Å². The van der Waals surface area contributed by atoms with Crippen molar-refractivity contribution in [2.24, 2.45) is 0 Å². The van der Waals surface area contributed by atoms with Crippen molar-refractivity contribution in [3.05, 3.63) is 65.7 Å². The van der Waals surface area contributed by atoms with Gasteiger partial charge < -0.3 is 19.5 Å². The van der Waals surface area contributed by atoms with E-state index in [9.17, 15) is 14.7 Å². The molecular weight excluding hydrogens is 358 g/mol. The molecule has 1 amide bonds. The van der Waals surface area contributed by atoms with Gasteiger partial charge in [0.2, 0.25) is 0 Å². The van der Waals surface area contributed by atoms with Crippen LogP contribution in [-0.2, 0) is 16.1 Å². The maximum Gasteiger partial charge on any atom is 0.307 e. The van der Waals surface area contributed by atoms with Gasteiger partial charge in [0.25, 0.3) is 5.91 Å². The van der Waals surface area contributed by atoms with E-state index >= 15 is 0 Å². The van der Waals surface area contributed by atoms with Crippen molar-refractivity contribution in [2.45, 2.75) is 33.0 Å². The lowest BCUT2D eigenvalue weighted by Crippen LogP contribution is -2.38. The Bertz CT molecular complexity index is 743. The van der Waals surface area contributed by atoms with Crippen molar-refractivity contribution in [3.8, 4) is 5.75 Å². The number of hydrogen-bond acceptors (Lipinski definition) is 5. The van der Waals surface area contributed by atoms with Gasteiger partial charge in [-0.15, -0.1) is 0 Å². The second-order valence-corrected chi connectivity index (χ2v) is 6.45. The molecule has 0 aliphatic heterocycles. The average Bonchev–Trinajstić information content (AvgIpc) is 2.70. The number of aliphatic hydroxyl groups is 1. The summed E-state index contributed by atoms with van der Waals surface area (Å²) in [6, 6.07) is 16.7. The van der Waals surface area contributed by atoms with Crippen molar-refractivity contribution in [3.63, 3.8) is 0 Å². The Balaban J connectivity index is 1.97. The Hall–Kier alpha value is -2.86. The van der Waals surface area contributed by atoms with Gasteiger partial charge in [-0.3, -0.25) is 9.59 Å². The standard InChI is InChI=1S/C22H27NO5/c1-3-27-21(25)13-14-23(15-17(2)24)22(26)19-9-11-20(12-10-19)28-16-18-7-5-4-6-8-18/h4-12,17,24H,3,13-16H2,1-2H3. The lowest BCUT2D eigenvalue weighted by Gasteiger charge is -2.24. The lowest BCUT2D eigenvalue weighted by molar-refractivity contribution is -0.143. The van der Waals surface area contributed by atoms with Crippen molar-refractivity contribution < 1.29 is 24.2 Å². The number of esters is 1. The molecule has 0 aliphatic carbocycles. The molecular formula is C22H27NO5. The summed E-state index contributed by atoms with van der Waals surface area (Å²) < 4.78 is 10.6. The maximum atomic E-state index is 12.8. The normalized spacial score (nSPS) is 11.5. The van der Waals surface area contributed by atoms with E-state index in [0.29, 0.717) is 24.5 Å². The summed E-state index contributed by atoms with van der Waals surface area (Å²) in [5, 5.41) is 9.68. The second kappa shape index (κ2) is 11.1. The zero-order chi connectivity index (χ0) is 20.4. The molecule has 1 atom stereocenters. The van der Waals surface area contributed by atoms with E-state index in [4.69, 9.17) is 9.47 Å². The summed E-state index contributed by atoms with van der Waals surface area (Å²) in [6.45, 7) is 4.41. The molecule has 150 valence electrons. The summed E-state index contributed by atoms with van der Waals surface area (Å²) >= 11 is 0. The minimum absolute atomic E-state index is 0.0879. The zero-order valence-corrected chi connectivity index (χ0v) is 16.3. The minimum atomic E-state index is -0.695. The fourth-order valence-electron chi connectivity index (χ4n) is 2.67. The van der Waals surface area contributed by atoms with E-state index in [2.05, 4.69) is 0 Å². The van der Waals surface area contributed by atoms with Crippen LogP contribution in [0.3, 0.4) is 0 Å². The third kappa shape index (κ3) is 7.04. The van der Waals surface area contributed by atoms with Gasteiger partial charge in [-0.2, -0.15) is 0 Å². The first-order chi connectivity index (χ1) is 13.5. The van der Waals surface area contributed by atoms with Gasteiger partial charge in [-0.1, -0.05) is 30.3 Å². The first-order valence-corrected chi connectivity index (χ1v) is 9.39. The molecule has 0 bridgehead atoms. The SMILES string of the molecule is CCOC(=O)CCN(CC(C)O)C(=O)c1ccc(OCc2ccccc2)cc1. The molecule has 1 unspecified atom stereocenters. The number of carbonyl (C=O) groups excluding carboxylic acids is 2. The molecule has 28 heavy (non-hydrogen) atoms. The first-order valence-electron chi connectivity index (χ1n) is 9.39. The number of benzene rings is 2. The van der Waals surface area contributed by atoms with Crippen molar-refractivity contribution >= 4 is 11.9 Å². The van der Waals surface area contributed by atoms with E-state index < -0.39 is 6.10 Å². The van der Waals surface area contributed by atoms with Gasteiger partial charge >= 0.3 is 5.97 Å². The largest absolute Gasteiger partial charge is 0.489 e. The van der Waals surface area contributed by atoms with Gasteiger partial charge in [0, 0.05) is 18.7 Å². The lowest BCUT2D eigenvalue weighted by atomic mass is 10.1. The third-order valence-corrected chi connectivity index (χ3v) is 4.01. The summed E-state index contributed by atoms with van der Waals surface area (Å²) in [7, 11) is 0. The van der Waals surface area contributed by atoms with E-state index in [1.165, 1.54) is 4.90 Å². The van der Waals surface area contributed by atoms with Crippen molar-refractivity contribution in [1.82, 2.24) is 4.90 Å². The van der Waals surface area contributed by atoms with Crippen LogP contribution in [0.4, 0.5) is 0 Å². The molecule has 2 aromatic carbocycles. The Morgan fingerprint density at radius 3 is 2.36 bits per heavy atom. The van der Waals surface area contributed by atoms with Crippen LogP contribution < -0.4 is 4.74 Å². The van der Waals surface area contributed by atoms with Gasteiger partial charge in [-0.05, 0) is 43.7 Å². The molecule has 6 nitrogen and oxygen atoms in total. The van der Waals surface area contributed by atoms with Crippen LogP contribution in [0.2, 0.25) is 0 Å². The van der Waals surface area contributed by atoms with Crippen LogP contribution >= 0.6 is 0 Å². The van der Waals surface area contributed by atoms with E-state index in [1.54, 1.807) is 38.1 Å². The highest BCUT2D eigenvalue weighted by Crippen LogP contribution is 2.16. The number of rotatable bonds is 10. The van der Waals surface area contributed by atoms with Crippen LogP contribution in [0.15, 0.2) is 54.6 Å². The Labute approximate surface area is 165 Å². The summed E-state index contributed by atoms with van der Waals surface area (Å²) in [4.78, 5) is 25.8. The highest BCUT2D eigenvalue weighted by atomic mass is 16.5. The molecule has 0 saturated heterocycles. The smallest absolute Gasteiger partial charge is 0.307 e. The van der Waals surface area contributed by atoms with Crippen LogP contribution in [0, 0.1) is 0 Å². The molecule has 0 heterocycles. The Morgan fingerprint density at radius 1 is 1.07 bits per heavy atom. The van der Waals surface area contributed by atoms with Gasteiger partial charge in [0.1, 0.15) is 12.4 Å². The number of aliphatic hydroxyl groups excluding tert-OH is 1. The molecule has 2 aromatic rings. The van der Waals surface area contributed by atoms with E-state index in [-0.39, 0.29) is 31.4 Å². The van der Waals surface area contributed by atoms with Crippen LogP contribution in [0.25, 0.3) is 0 Å². The number of nitrogens with zero attached hydrogens (tertiary/aromatic N) is 1. The van der Waals surface area contributed by atoms with Gasteiger partial charge in [0.05, 0.1) is 19.1 Å². The van der Waals surface area contributed by atoms with Crippen LogP contribution in [0.1, 0.15) is 36.2 Å². The van der Waals surface area contributed by atoms with E-state index in [1.807, 2.05) is 30.3 Å². The fourth-order valence-corrected chi connectivity index (χ4v) is 2.67. The monoisotopic (exact) mass is 385 g/mol. The average molecular weight is 385 g/mol. The van der Waals surface area contributed by atoms with Crippen molar-refractivity contribution in [1.29, 1.82) is 0 Å². The number of amides is 1. The topological polar surface area (TPSA) is 76.1 Å². The molecule has 0 radical (unpaired) electrons. The minimum Gasteiger partial charge on any atom is -0.489 e. The molecule has 0 fully saturated rings. The molecule has 6 heteroatoms. The van der Waals surface area contributed by atoms with Gasteiger partial charge in [0.15, 0.2) is 0 Å². The number of ether oxygens (including phenoxy) is 2. The van der Waals surface area contributed by atoms with E-state index in [0.717, 1.165) is 5.56 Å². The molecule has 0 spiro atoms.